The SMILES string of the molecule is Cc1cnc2[nH]c(Cl)c(N=O)c2c1. The van der Waals surface area contributed by atoms with E-state index in [9.17, 15) is 4.91 Å². The van der Waals surface area contributed by atoms with E-state index in [-0.39, 0.29) is 10.8 Å². The monoisotopic (exact) mass is 195 g/mol. The molecule has 0 amide bonds. The molecule has 13 heavy (non-hydrogen) atoms. The summed E-state index contributed by atoms with van der Waals surface area (Å²) in [4.78, 5) is 17.3. The van der Waals surface area contributed by atoms with Crippen molar-refractivity contribution in [1.29, 1.82) is 0 Å². The number of hydrogen-bond acceptors (Lipinski definition) is 3. The van der Waals surface area contributed by atoms with Crippen molar-refractivity contribution >= 4 is 28.3 Å². The lowest BCUT2D eigenvalue weighted by atomic mass is 10.2. The molecular formula is C8H6ClN3O. The van der Waals surface area contributed by atoms with Crippen LogP contribution < -0.4 is 0 Å². The molecule has 2 aromatic rings. The standard InChI is InChI=1S/C8H6ClN3O/c1-4-2-5-6(12-13)7(9)11-8(5)10-3-4/h2-3H,1H3,(H,10,11). The summed E-state index contributed by atoms with van der Waals surface area (Å²) in [5, 5.41) is 3.75. The summed E-state index contributed by atoms with van der Waals surface area (Å²) >= 11 is 5.73. The summed E-state index contributed by atoms with van der Waals surface area (Å²) in [6, 6.07) is 1.82. The molecule has 0 saturated carbocycles. The van der Waals surface area contributed by atoms with Crippen LogP contribution in [-0.4, -0.2) is 9.97 Å². The maximum absolute atomic E-state index is 10.4. The van der Waals surface area contributed by atoms with Crippen molar-refractivity contribution in [2.45, 2.75) is 6.92 Å². The summed E-state index contributed by atoms with van der Waals surface area (Å²) in [5.74, 6) is 0. The highest BCUT2D eigenvalue weighted by atomic mass is 35.5. The van der Waals surface area contributed by atoms with Crippen LogP contribution in [0.5, 0.6) is 0 Å². The van der Waals surface area contributed by atoms with Gasteiger partial charge in [0.1, 0.15) is 10.8 Å². The number of aryl methyl sites for hydroxylation is 1. The predicted octanol–water partition coefficient (Wildman–Crippen LogP) is 2.92. The molecule has 0 bridgehead atoms. The van der Waals surface area contributed by atoms with Gasteiger partial charge in [-0.2, -0.15) is 0 Å². The molecule has 4 nitrogen and oxygen atoms in total. The van der Waals surface area contributed by atoms with Gasteiger partial charge < -0.3 is 4.98 Å². The number of rotatable bonds is 1. The molecule has 0 fully saturated rings. The average molecular weight is 196 g/mol. The average Bonchev–Trinajstić information content (AvgIpc) is 2.40. The highest BCUT2D eigenvalue weighted by Crippen LogP contribution is 2.32. The molecule has 0 aromatic carbocycles. The molecule has 1 N–H and O–H groups in total. The van der Waals surface area contributed by atoms with Gasteiger partial charge in [-0.05, 0) is 23.7 Å². The third-order valence-electron chi connectivity index (χ3n) is 1.81. The smallest absolute Gasteiger partial charge is 0.154 e. The first kappa shape index (κ1) is 8.19. The highest BCUT2D eigenvalue weighted by Gasteiger charge is 2.10. The van der Waals surface area contributed by atoms with Gasteiger partial charge in [0.05, 0.1) is 0 Å². The number of halogens is 1. The Labute approximate surface area is 78.9 Å². The van der Waals surface area contributed by atoms with E-state index in [4.69, 9.17) is 11.6 Å². The Kier molecular flexibility index (Phi) is 1.77. The zero-order valence-corrected chi connectivity index (χ0v) is 7.59. The van der Waals surface area contributed by atoms with Crippen molar-refractivity contribution in [3.8, 4) is 0 Å². The molecule has 66 valence electrons. The van der Waals surface area contributed by atoms with Crippen LogP contribution in [0.15, 0.2) is 17.4 Å². The molecule has 0 saturated heterocycles. The molecule has 5 heteroatoms. The number of nitrogens with zero attached hydrogens (tertiary/aromatic N) is 2. The predicted molar refractivity (Wildman–Crippen MR) is 51.3 cm³/mol. The molecule has 0 aliphatic carbocycles. The van der Waals surface area contributed by atoms with Crippen LogP contribution in [0.25, 0.3) is 11.0 Å². The molecular weight excluding hydrogens is 190 g/mol. The van der Waals surface area contributed by atoms with Gasteiger partial charge in [-0.25, -0.2) is 4.98 Å². The quantitative estimate of drug-likeness (QED) is 0.712. The van der Waals surface area contributed by atoms with Gasteiger partial charge in [-0.15, -0.1) is 4.91 Å². The molecule has 2 heterocycles. The first-order chi connectivity index (χ1) is 6.22. The Hall–Kier alpha value is -1.42. The molecule has 2 aromatic heterocycles. The second-order valence-electron chi connectivity index (χ2n) is 2.79. The second kappa shape index (κ2) is 2.81. The normalized spacial score (nSPS) is 10.6. The van der Waals surface area contributed by atoms with Gasteiger partial charge in [0.25, 0.3) is 0 Å². The van der Waals surface area contributed by atoms with Gasteiger partial charge in [-0.3, -0.25) is 0 Å². The summed E-state index contributed by atoms with van der Waals surface area (Å²) in [6.45, 7) is 1.89. The summed E-state index contributed by atoms with van der Waals surface area (Å²) < 4.78 is 0. The molecule has 0 radical (unpaired) electrons. The van der Waals surface area contributed by atoms with Crippen molar-refractivity contribution in [3.05, 3.63) is 27.9 Å². The van der Waals surface area contributed by atoms with E-state index in [1.54, 1.807) is 6.20 Å². The fraction of sp³-hybridized carbons (Fsp3) is 0.125. The van der Waals surface area contributed by atoms with Gasteiger partial charge in [0, 0.05) is 11.6 Å². The topological polar surface area (TPSA) is 58.1 Å². The first-order valence-electron chi connectivity index (χ1n) is 3.69. The number of nitroso groups, excluding NO2 is 1. The fourth-order valence-electron chi connectivity index (χ4n) is 1.22. The Bertz CT molecular complexity index is 477. The van der Waals surface area contributed by atoms with Gasteiger partial charge in [0.2, 0.25) is 0 Å². The van der Waals surface area contributed by atoms with Crippen LogP contribution in [0.3, 0.4) is 0 Å². The highest BCUT2D eigenvalue weighted by molar-refractivity contribution is 6.33. The summed E-state index contributed by atoms with van der Waals surface area (Å²) in [7, 11) is 0. The van der Waals surface area contributed by atoms with E-state index in [0.29, 0.717) is 11.0 Å². The number of aromatic nitrogens is 2. The van der Waals surface area contributed by atoms with E-state index < -0.39 is 0 Å². The minimum absolute atomic E-state index is 0.230. The minimum atomic E-state index is 0.230. The van der Waals surface area contributed by atoms with E-state index in [2.05, 4.69) is 15.1 Å². The van der Waals surface area contributed by atoms with Gasteiger partial charge in [-0.1, -0.05) is 11.6 Å². The van der Waals surface area contributed by atoms with Crippen LogP contribution >= 0.6 is 11.6 Å². The number of hydrogen-bond donors (Lipinski definition) is 1. The fourth-order valence-corrected chi connectivity index (χ4v) is 1.45. The van der Waals surface area contributed by atoms with E-state index >= 15 is 0 Å². The van der Waals surface area contributed by atoms with Crippen LogP contribution in [0, 0.1) is 11.8 Å². The van der Waals surface area contributed by atoms with Crippen molar-refractivity contribution in [2.24, 2.45) is 5.18 Å². The molecule has 0 atom stereocenters. The summed E-state index contributed by atoms with van der Waals surface area (Å²) in [5.41, 5.74) is 1.78. The third kappa shape index (κ3) is 1.19. The van der Waals surface area contributed by atoms with Gasteiger partial charge in [0.15, 0.2) is 5.69 Å². The third-order valence-corrected chi connectivity index (χ3v) is 2.08. The van der Waals surface area contributed by atoms with E-state index in [0.717, 1.165) is 5.56 Å². The number of fused-ring (bicyclic) bond motifs is 1. The van der Waals surface area contributed by atoms with Crippen LogP contribution in [0.1, 0.15) is 5.56 Å². The van der Waals surface area contributed by atoms with E-state index in [1.807, 2.05) is 13.0 Å². The summed E-state index contributed by atoms with van der Waals surface area (Å²) in [6.07, 6.45) is 1.70. The Morgan fingerprint density at radius 2 is 2.38 bits per heavy atom. The van der Waals surface area contributed by atoms with Crippen molar-refractivity contribution in [2.75, 3.05) is 0 Å². The zero-order valence-electron chi connectivity index (χ0n) is 6.84. The minimum Gasteiger partial charge on any atom is -0.328 e. The lowest BCUT2D eigenvalue weighted by molar-refractivity contribution is 1.29. The maximum Gasteiger partial charge on any atom is 0.154 e. The lowest BCUT2D eigenvalue weighted by Gasteiger charge is -1.90. The molecule has 2 rings (SSSR count). The molecule has 0 unspecified atom stereocenters. The number of pyridine rings is 1. The number of nitrogens with one attached hydrogen (secondary N) is 1. The van der Waals surface area contributed by atoms with Crippen molar-refractivity contribution in [1.82, 2.24) is 9.97 Å². The van der Waals surface area contributed by atoms with Gasteiger partial charge >= 0.3 is 0 Å². The number of aromatic amines is 1. The molecule has 0 aliphatic rings. The molecule has 0 aliphatic heterocycles. The maximum atomic E-state index is 10.4. The van der Waals surface area contributed by atoms with Crippen LogP contribution in [0.2, 0.25) is 5.15 Å². The van der Waals surface area contributed by atoms with Crippen LogP contribution in [-0.2, 0) is 0 Å². The number of H-pyrrole nitrogens is 1. The Balaban J connectivity index is 2.88. The Morgan fingerprint density at radius 3 is 3.08 bits per heavy atom. The lowest BCUT2D eigenvalue weighted by Crippen LogP contribution is -1.77. The van der Waals surface area contributed by atoms with Crippen molar-refractivity contribution in [3.63, 3.8) is 0 Å². The largest absolute Gasteiger partial charge is 0.328 e. The van der Waals surface area contributed by atoms with Crippen molar-refractivity contribution < 1.29 is 0 Å². The van der Waals surface area contributed by atoms with Crippen LogP contribution in [0.4, 0.5) is 5.69 Å². The zero-order chi connectivity index (χ0) is 9.42. The first-order valence-corrected chi connectivity index (χ1v) is 4.07. The Morgan fingerprint density at radius 1 is 1.62 bits per heavy atom. The molecule has 0 spiro atoms. The van der Waals surface area contributed by atoms with E-state index in [1.165, 1.54) is 0 Å². The second-order valence-corrected chi connectivity index (χ2v) is 3.17.